The van der Waals surface area contributed by atoms with Crippen molar-refractivity contribution < 1.29 is 4.74 Å². The molecule has 1 aliphatic carbocycles. The molecule has 1 aromatic carbocycles. The standard InChI is InChI=1S/C22H21N5O/c1-13-2-3-15-10-16(13)17-11-24-21(26-20(15)17)18-4-7-23-22(25-18)28-19-12-27-8-5-14(19)6-9-27/h2-4,7,10-11,14,19H,5-6,8-9,12H2,1H3/t19-/m0/s1. The first-order chi connectivity index (χ1) is 13.7. The Kier molecular flexibility index (Phi) is 3.50. The fourth-order valence-corrected chi connectivity index (χ4v) is 4.68. The van der Waals surface area contributed by atoms with Crippen LogP contribution in [-0.4, -0.2) is 50.6 Å². The van der Waals surface area contributed by atoms with Gasteiger partial charge in [0, 0.05) is 30.1 Å². The van der Waals surface area contributed by atoms with Crippen LogP contribution in [0.15, 0.2) is 36.7 Å². The zero-order valence-corrected chi connectivity index (χ0v) is 15.8. The second-order valence-electron chi connectivity index (χ2n) is 8.00. The summed E-state index contributed by atoms with van der Waals surface area (Å²) >= 11 is 0. The third kappa shape index (κ3) is 2.52. The summed E-state index contributed by atoms with van der Waals surface area (Å²) in [5, 5.41) is 0. The lowest BCUT2D eigenvalue weighted by atomic mass is 9.86. The van der Waals surface area contributed by atoms with Crippen LogP contribution in [0.1, 0.15) is 18.4 Å². The minimum absolute atomic E-state index is 0.183. The molecular weight excluding hydrogens is 350 g/mol. The van der Waals surface area contributed by atoms with Crippen LogP contribution in [-0.2, 0) is 0 Å². The van der Waals surface area contributed by atoms with Crippen molar-refractivity contribution in [1.82, 2.24) is 24.8 Å². The number of nitrogens with zero attached hydrogens (tertiary/aromatic N) is 5. The summed E-state index contributed by atoms with van der Waals surface area (Å²) in [5.41, 5.74) is 6.37. The maximum atomic E-state index is 6.18. The molecule has 7 rings (SSSR count). The highest BCUT2D eigenvalue weighted by Crippen LogP contribution is 2.41. The van der Waals surface area contributed by atoms with Gasteiger partial charge in [-0.25, -0.2) is 15.0 Å². The van der Waals surface area contributed by atoms with E-state index in [-0.39, 0.29) is 6.10 Å². The molecule has 6 nitrogen and oxygen atoms in total. The van der Waals surface area contributed by atoms with Gasteiger partial charge in [-0.3, -0.25) is 4.90 Å². The zero-order valence-electron chi connectivity index (χ0n) is 15.8. The number of piperidine rings is 3. The minimum atomic E-state index is 0.183. The molecule has 4 aliphatic rings. The maximum absolute atomic E-state index is 6.18. The molecule has 3 saturated heterocycles. The smallest absolute Gasteiger partial charge is 0.317 e. The van der Waals surface area contributed by atoms with Crippen molar-refractivity contribution in [3.63, 3.8) is 0 Å². The first kappa shape index (κ1) is 16.1. The molecule has 0 amide bonds. The van der Waals surface area contributed by atoms with Crippen LogP contribution in [0.2, 0.25) is 0 Å². The Balaban J connectivity index is 1.30. The number of benzene rings is 1. The van der Waals surface area contributed by atoms with Crippen LogP contribution in [0, 0.1) is 12.8 Å². The highest BCUT2D eigenvalue weighted by molar-refractivity contribution is 5.90. The van der Waals surface area contributed by atoms with Crippen LogP contribution in [0.5, 0.6) is 6.01 Å². The van der Waals surface area contributed by atoms with Crippen molar-refractivity contribution in [2.75, 3.05) is 19.6 Å². The predicted octanol–water partition coefficient (Wildman–Crippen LogP) is 3.36. The summed E-state index contributed by atoms with van der Waals surface area (Å²) < 4.78 is 6.18. The lowest BCUT2D eigenvalue weighted by Gasteiger charge is -2.43. The summed E-state index contributed by atoms with van der Waals surface area (Å²) in [5.74, 6) is 1.23. The van der Waals surface area contributed by atoms with E-state index in [1.165, 1.54) is 37.1 Å². The van der Waals surface area contributed by atoms with E-state index in [9.17, 15) is 0 Å². The topological polar surface area (TPSA) is 64.0 Å². The van der Waals surface area contributed by atoms with E-state index in [0.717, 1.165) is 23.4 Å². The van der Waals surface area contributed by atoms with Gasteiger partial charge >= 0.3 is 6.01 Å². The van der Waals surface area contributed by atoms with Crippen molar-refractivity contribution in [1.29, 1.82) is 0 Å². The SMILES string of the molecule is Cc1ccc2cc1-c1cnc(-c3ccnc(O[C@H]4CN5CCC4CC5)n3)nc1-2. The highest BCUT2D eigenvalue weighted by atomic mass is 16.5. The third-order valence-electron chi connectivity index (χ3n) is 6.31. The first-order valence-corrected chi connectivity index (χ1v) is 9.95. The normalized spacial score (nSPS) is 24.2. The van der Waals surface area contributed by atoms with E-state index in [2.05, 4.69) is 45.0 Å². The van der Waals surface area contributed by atoms with E-state index in [0.29, 0.717) is 23.4 Å². The van der Waals surface area contributed by atoms with Gasteiger partial charge in [0.1, 0.15) is 11.8 Å². The molecule has 3 aromatic rings. The zero-order chi connectivity index (χ0) is 18.7. The molecule has 140 valence electrons. The molecule has 4 bridgehead atoms. The number of fused-ring (bicyclic) bond motifs is 8. The molecule has 0 spiro atoms. The van der Waals surface area contributed by atoms with E-state index < -0.39 is 0 Å². The summed E-state index contributed by atoms with van der Waals surface area (Å²) in [6.07, 6.45) is 6.23. The summed E-state index contributed by atoms with van der Waals surface area (Å²) in [4.78, 5) is 20.8. The lowest BCUT2D eigenvalue weighted by molar-refractivity contribution is -0.0123. The molecule has 3 fully saturated rings. The van der Waals surface area contributed by atoms with Crippen LogP contribution in [0.25, 0.3) is 33.9 Å². The molecular formula is C22H21N5O. The van der Waals surface area contributed by atoms with Gasteiger partial charge in [0.25, 0.3) is 0 Å². The summed E-state index contributed by atoms with van der Waals surface area (Å²) in [6, 6.07) is 8.71. The van der Waals surface area contributed by atoms with E-state index >= 15 is 0 Å². The van der Waals surface area contributed by atoms with E-state index in [1.54, 1.807) is 6.20 Å². The number of hydrogen-bond donors (Lipinski definition) is 0. The van der Waals surface area contributed by atoms with Gasteiger partial charge in [-0.05, 0) is 62.0 Å². The fourth-order valence-electron chi connectivity index (χ4n) is 4.68. The van der Waals surface area contributed by atoms with Crippen molar-refractivity contribution in [3.05, 3.63) is 42.2 Å². The number of aromatic nitrogens is 4. The molecule has 2 aromatic heterocycles. The second-order valence-corrected chi connectivity index (χ2v) is 8.00. The molecule has 3 aliphatic heterocycles. The highest BCUT2D eigenvalue weighted by Gasteiger charge is 2.36. The van der Waals surface area contributed by atoms with Gasteiger partial charge in [-0.15, -0.1) is 0 Å². The van der Waals surface area contributed by atoms with E-state index in [1.807, 2.05) is 12.3 Å². The number of ether oxygens (including phenoxy) is 1. The van der Waals surface area contributed by atoms with Crippen LogP contribution >= 0.6 is 0 Å². The fraction of sp³-hybridized carbons (Fsp3) is 0.364. The quantitative estimate of drug-likeness (QED) is 0.550. The number of hydrogen-bond acceptors (Lipinski definition) is 6. The van der Waals surface area contributed by atoms with Gasteiger partial charge in [0.15, 0.2) is 5.82 Å². The molecule has 1 atom stereocenters. The van der Waals surface area contributed by atoms with Crippen molar-refractivity contribution in [3.8, 4) is 39.9 Å². The maximum Gasteiger partial charge on any atom is 0.317 e. The van der Waals surface area contributed by atoms with Gasteiger partial charge < -0.3 is 4.74 Å². The Morgan fingerprint density at radius 3 is 2.75 bits per heavy atom. The minimum Gasteiger partial charge on any atom is -0.458 e. The largest absolute Gasteiger partial charge is 0.458 e. The predicted molar refractivity (Wildman–Crippen MR) is 106 cm³/mol. The molecule has 0 unspecified atom stereocenters. The Bertz CT molecular complexity index is 1070. The van der Waals surface area contributed by atoms with Gasteiger partial charge in [0.05, 0.1) is 5.69 Å². The Labute approximate surface area is 163 Å². The molecule has 5 heterocycles. The molecule has 0 radical (unpaired) electrons. The number of rotatable bonds is 3. The van der Waals surface area contributed by atoms with Gasteiger partial charge in [-0.2, -0.15) is 4.98 Å². The summed E-state index contributed by atoms with van der Waals surface area (Å²) in [6.45, 7) is 5.47. The molecule has 28 heavy (non-hydrogen) atoms. The van der Waals surface area contributed by atoms with Crippen LogP contribution in [0.4, 0.5) is 0 Å². The number of aryl methyl sites for hydroxylation is 1. The molecule has 0 N–H and O–H groups in total. The Hall–Kier alpha value is -2.86. The Morgan fingerprint density at radius 2 is 1.93 bits per heavy atom. The average Bonchev–Trinajstić information content (AvgIpc) is 3.05. The lowest BCUT2D eigenvalue weighted by Crippen LogP contribution is -2.52. The van der Waals surface area contributed by atoms with Crippen molar-refractivity contribution in [2.24, 2.45) is 5.92 Å². The molecule has 0 saturated carbocycles. The van der Waals surface area contributed by atoms with Crippen LogP contribution < -0.4 is 4.74 Å². The van der Waals surface area contributed by atoms with Crippen LogP contribution in [0.3, 0.4) is 0 Å². The summed E-state index contributed by atoms with van der Waals surface area (Å²) in [7, 11) is 0. The Morgan fingerprint density at radius 1 is 1.04 bits per heavy atom. The molecule has 6 heteroatoms. The van der Waals surface area contributed by atoms with Crippen molar-refractivity contribution in [2.45, 2.75) is 25.9 Å². The van der Waals surface area contributed by atoms with Crippen molar-refractivity contribution >= 4 is 0 Å². The van der Waals surface area contributed by atoms with Gasteiger partial charge in [-0.1, -0.05) is 12.1 Å². The third-order valence-corrected chi connectivity index (χ3v) is 6.31. The second kappa shape index (κ2) is 6.07. The first-order valence-electron chi connectivity index (χ1n) is 9.95. The van der Waals surface area contributed by atoms with Gasteiger partial charge in [0.2, 0.25) is 0 Å². The van der Waals surface area contributed by atoms with E-state index in [4.69, 9.17) is 9.72 Å². The average molecular weight is 371 g/mol. The monoisotopic (exact) mass is 371 g/mol.